The number of nitrogens with one attached hydrogen (secondary N) is 1. The summed E-state index contributed by atoms with van der Waals surface area (Å²) in [4.78, 5) is -0.102. The molecule has 0 bridgehead atoms. The summed E-state index contributed by atoms with van der Waals surface area (Å²) in [7, 11) is -6.51. The van der Waals surface area contributed by atoms with E-state index in [1.807, 2.05) is 0 Å². The third-order valence-corrected chi connectivity index (χ3v) is 8.10. The van der Waals surface area contributed by atoms with Crippen molar-refractivity contribution in [3.8, 4) is 17.2 Å². The van der Waals surface area contributed by atoms with Gasteiger partial charge >= 0.3 is 0 Å². The maximum atomic E-state index is 13.0. The van der Waals surface area contributed by atoms with Crippen molar-refractivity contribution in [2.75, 3.05) is 51.3 Å². The number of nitrogens with zero attached hydrogens (tertiary/aromatic N) is 1. The summed E-state index contributed by atoms with van der Waals surface area (Å²) >= 11 is 0. The van der Waals surface area contributed by atoms with Gasteiger partial charge in [0.25, 0.3) is 10.0 Å². The van der Waals surface area contributed by atoms with E-state index in [-0.39, 0.29) is 34.3 Å². The van der Waals surface area contributed by atoms with Crippen LogP contribution >= 0.6 is 0 Å². The Morgan fingerprint density at radius 1 is 0.871 bits per heavy atom. The van der Waals surface area contributed by atoms with Gasteiger partial charge in [0.05, 0.1) is 35.8 Å². The van der Waals surface area contributed by atoms with E-state index in [1.54, 1.807) is 0 Å². The molecule has 0 unspecified atom stereocenters. The number of rotatable bonds is 6. The summed E-state index contributed by atoms with van der Waals surface area (Å²) in [5, 5.41) is 0. The Kier molecular flexibility index (Phi) is 5.97. The molecule has 0 radical (unpaired) electrons. The Balaban J connectivity index is 1.66. The fourth-order valence-electron chi connectivity index (χ4n) is 3.26. The average molecular weight is 471 g/mol. The Hall–Kier alpha value is -2.54. The zero-order valence-electron chi connectivity index (χ0n) is 16.7. The lowest BCUT2D eigenvalue weighted by Crippen LogP contribution is -2.40. The molecule has 0 atom stereocenters. The minimum Gasteiger partial charge on any atom is -0.495 e. The van der Waals surface area contributed by atoms with Gasteiger partial charge in [-0.1, -0.05) is 0 Å². The van der Waals surface area contributed by atoms with Gasteiger partial charge in [-0.25, -0.2) is 16.8 Å². The highest BCUT2D eigenvalue weighted by Gasteiger charge is 2.28. The molecule has 1 fully saturated rings. The van der Waals surface area contributed by atoms with Gasteiger partial charge in [-0.05, 0) is 30.3 Å². The second-order valence-corrected chi connectivity index (χ2v) is 10.4. The fourth-order valence-corrected chi connectivity index (χ4v) is 5.77. The lowest BCUT2D eigenvalue weighted by Gasteiger charge is -2.26. The minimum atomic E-state index is -4.06. The molecule has 0 aromatic heterocycles. The molecule has 31 heavy (non-hydrogen) atoms. The van der Waals surface area contributed by atoms with Crippen LogP contribution < -0.4 is 18.9 Å². The average Bonchev–Trinajstić information content (AvgIpc) is 2.79. The third-order valence-electron chi connectivity index (χ3n) is 4.85. The van der Waals surface area contributed by atoms with Crippen molar-refractivity contribution in [3.05, 3.63) is 36.4 Å². The zero-order chi connectivity index (χ0) is 22.1. The summed E-state index contributed by atoms with van der Waals surface area (Å²) in [5.74, 6) is 0.966. The van der Waals surface area contributed by atoms with Crippen molar-refractivity contribution < 1.29 is 35.8 Å². The molecule has 0 spiro atoms. The number of fused-ring (bicyclic) bond motifs is 1. The second kappa shape index (κ2) is 8.54. The van der Waals surface area contributed by atoms with Crippen molar-refractivity contribution >= 4 is 25.7 Å². The predicted octanol–water partition coefficient (Wildman–Crippen LogP) is 1.29. The first kappa shape index (κ1) is 21.7. The summed E-state index contributed by atoms with van der Waals surface area (Å²) in [5.41, 5.74) is 0.00623. The third kappa shape index (κ3) is 4.42. The van der Waals surface area contributed by atoms with E-state index in [4.69, 9.17) is 18.9 Å². The van der Waals surface area contributed by atoms with Gasteiger partial charge in [-0.3, -0.25) is 4.72 Å². The number of ether oxygens (including phenoxy) is 4. The topological polar surface area (TPSA) is 120 Å². The molecule has 1 saturated heterocycles. The van der Waals surface area contributed by atoms with Crippen LogP contribution in [-0.2, 0) is 24.8 Å². The lowest BCUT2D eigenvalue weighted by atomic mass is 10.3. The molecular weight excluding hydrogens is 448 g/mol. The fraction of sp³-hybridized carbons (Fsp3) is 0.368. The Labute approximate surface area is 180 Å². The number of morpholine rings is 1. The first-order valence-electron chi connectivity index (χ1n) is 9.50. The van der Waals surface area contributed by atoms with Gasteiger partial charge in [0.15, 0.2) is 11.5 Å². The van der Waals surface area contributed by atoms with Crippen LogP contribution in [-0.4, -0.2) is 67.8 Å². The van der Waals surface area contributed by atoms with Crippen LogP contribution in [0.3, 0.4) is 0 Å². The molecule has 2 heterocycles. The number of benzene rings is 2. The molecule has 168 valence electrons. The van der Waals surface area contributed by atoms with Crippen molar-refractivity contribution in [1.82, 2.24) is 4.31 Å². The smallest absolute Gasteiger partial charge is 0.262 e. The summed E-state index contributed by atoms with van der Waals surface area (Å²) in [6.07, 6.45) is 0. The number of methoxy groups -OCH3 is 1. The number of hydrogen-bond donors (Lipinski definition) is 1. The van der Waals surface area contributed by atoms with E-state index in [0.29, 0.717) is 37.9 Å². The number of hydrogen-bond acceptors (Lipinski definition) is 8. The molecule has 0 saturated carbocycles. The van der Waals surface area contributed by atoms with Crippen LogP contribution in [0.5, 0.6) is 17.2 Å². The monoisotopic (exact) mass is 470 g/mol. The van der Waals surface area contributed by atoms with Crippen LogP contribution in [0.15, 0.2) is 46.2 Å². The van der Waals surface area contributed by atoms with Crippen molar-refractivity contribution in [2.45, 2.75) is 9.79 Å². The van der Waals surface area contributed by atoms with Crippen LogP contribution in [0.1, 0.15) is 0 Å². The van der Waals surface area contributed by atoms with Gasteiger partial charge in [-0.15, -0.1) is 0 Å². The number of anilines is 1. The quantitative estimate of drug-likeness (QED) is 0.671. The largest absolute Gasteiger partial charge is 0.495 e. The van der Waals surface area contributed by atoms with E-state index in [1.165, 1.54) is 47.8 Å². The van der Waals surface area contributed by atoms with Gasteiger partial charge in [0, 0.05) is 19.2 Å². The lowest BCUT2D eigenvalue weighted by molar-refractivity contribution is 0.0730. The van der Waals surface area contributed by atoms with Gasteiger partial charge in [-0.2, -0.15) is 4.31 Å². The summed E-state index contributed by atoms with van der Waals surface area (Å²) in [6, 6.07) is 8.30. The SMILES string of the molecule is COc1ccc(S(=O)(=O)N2CCOCC2)cc1NS(=O)(=O)c1ccc2c(c1)OCCO2. The number of sulfonamides is 2. The van der Waals surface area contributed by atoms with Crippen molar-refractivity contribution in [3.63, 3.8) is 0 Å². The molecule has 10 nitrogen and oxygen atoms in total. The molecule has 4 rings (SSSR count). The summed E-state index contributed by atoms with van der Waals surface area (Å²) < 4.78 is 76.9. The molecule has 12 heteroatoms. The molecule has 2 aromatic carbocycles. The van der Waals surface area contributed by atoms with Crippen molar-refractivity contribution in [2.24, 2.45) is 0 Å². The second-order valence-electron chi connectivity index (χ2n) is 6.79. The first-order valence-corrected chi connectivity index (χ1v) is 12.4. The van der Waals surface area contributed by atoms with Crippen LogP contribution in [0.2, 0.25) is 0 Å². The van der Waals surface area contributed by atoms with Crippen molar-refractivity contribution in [1.29, 1.82) is 0 Å². The van der Waals surface area contributed by atoms with E-state index in [2.05, 4.69) is 4.72 Å². The van der Waals surface area contributed by atoms with Gasteiger partial charge in [0.1, 0.15) is 19.0 Å². The maximum Gasteiger partial charge on any atom is 0.262 e. The molecular formula is C19H22N2O8S2. The predicted molar refractivity (Wildman–Crippen MR) is 111 cm³/mol. The van der Waals surface area contributed by atoms with Crippen LogP contribution in [0.25, 0.3) is 0 Å². The molecule has 2 aliphatic rings. The normalized spacial score (nSPS) is 17.2. The molecule has 0 amide bonds. The first-order chi connectivity index (χ1) is 14.8. The molecule has 1 N–H and O–H groups in total. The summed E-state index contributed by atoms with van der Waals surface area (Å²) in [6.45, 7) is 1.77. The highest BCUT2D eigenvalue weighted by atomic mass is 32.2. The zero-order valence-corrected chi connectivity index (χ0v) is 18.4. The minimum absolute atomic E-state index is 0.00623. The van der Waals surface area contributed by atoms with E-state index in [0.717, 1.165) is 0 Å². The molecule has 2 aromatic rings. The Bertz CT molecular complexity index is 1180. The van der Waals surface area contributed by atoms with Gasteiger partial charge < -0.3 is 18.9 Å². The Morgan fingerprint density at radius 3 is 2.26 bits per heavy atom. The van der Waals surface area contributed by atoms with E-state index < -0.39 is 20.0 Å². The molecule has 2 aliphatic heterocycles. The maximum absolute atomic E-state index is 13.0. The highest BCUT2D eigenvalue weighted by Crippen LogP contribution is 2.35. The van der Waals surface area contributed by atoms with Crippen LogP contribution in [0.4, 0.5) is 5.69 Å². The molecule has 0 aliphatic carbocycles. The van der Waals surface area contributed by atoms with Crippen LogP contribution in [0, 0.1) is 0 Å². The van der Waals surface area contributed by atoms with E-state index >= 15 is 0 Å². The van der Waals surface area contributed by atoms with Gasteiger partial charge in [0.2, 0.25) is 10.0 Å². The standard InChI is InChI=1S/C19H22N2O8S2/c1-26-17-4-3-15(31(24,25)21-6-8-27-9-7-21)12-16(17)20-30(22,23)14-2-5-18-19(13-14)29-11-10-28-18/h2-5,12-13,20H,6-11H2,1H3. The van der Waals surface area contributed by atoms with E-state index in [9.17, 15) is 16.8 Å². The Morgan fingerprint density at radius 2 is 1.55 bits per heavy atom. The highest BCUT2D eigenvalue weighted by molar-refractivity contribution is 7.92.